The van der Waals surface area contributed by atoms with Crippen molar-refractivity contribution in [3.63, 3.8) is 0 Å². The van der Waals surface area contributed by atoms with E-state index in [1.165, 1.54) is 3.97 Å². The Labute approximate surface area is 142 Å². The van der Waals surface area contributed by atoms with Gasteiger partial charge in [-0.05, 0) is 53.5 Å². The summed E-state index contributed by atoms with van der Waals surface area (Å²) in [6.45, 7) is 3.84. The number of benzene rings is 2. The molecule has 0 amide bonds. The quantitative estimate of drug-likeness (QED) is 0.615. The molecule has 0 unspecified atom stereocenters. The molecule has 0 spiro atoms. The van der Waals surface area contributed by atoms with Gasteiger partial charge in [-0.15, -0.1) is 0 Å². The summed E-state index contributed by atoms with van der Waals surface area (Å²) in [5.74, 6) is 0. The molecule has 1 heterocycles. The van der Waals surface area contributed by atoms with E-state index in [9.17, 15) is 8.42 Å². The first-order valence-corrected chi connectivity index (χ1v) is 9.21. The number of hydrogen-bond acceptors (Lipinski definition) is 2. The topological polar surface area (TPSA) is 39.1 Å². The van der Waals surface area contributed by atoms with Gasteiger partial charge in [-0.2, -0.15) is 0 Å². The molecule has 6 heteroatoms. The maximum Gasteiger partial charge on any atom is 0.268 e. The Bertz CT molecular complexity index is 976. The van der Waals surface area contributed by atoms with E-state index in [2.05, 4.69) is 15.9 Å². The number of aryl methyl sites for hydroxylation is 2. The molecular weight excluding hydrogens is 386 g/mol. The van der Waals surface area contributed by atoms with Crippen molar-refractivity contribution >= 4 is 48.5 Å². The number of fused-ring (bicyclic) bond motifs is 1. The Morgan fingerprint density at radius 3 is 2.32 bits per heavy atom. The monoisotopic (exact) mass is 397 g/mol. The fourth-order valence-corrected chi connectivity index (χ4v) is 4.95. The second-order valence-electron chi connectivity index (χ2n) is 5.18. The SMILES string of the molecule is Cc1ccc(S(=O)(=O)n2cc(Br)c3c(C)ccc(Cl)c32)cc1. The van der Waals surface area contributed by atoms with Crippen LogP contribution in [0, 0.1) is 13.8 Å². The fourth-order valence-electron chi connectivity index (χ4n) is 2.43. The Balaban J connectivity index is 2.35. The predicted octanol–water partition coefficient (Wildman–Crippen LogP) is 4.91. The highest BCUT2D eigenvalue weighted by Gasteiger charge is 2.23. The van der Waals surface area contributed by atoms with Gasteiger partial charge in [-0.1, -0.05) is 35.4 Å². The first kappa shape index (κ1) is 15.6. The first-order valence-electron chi connectivity index (χ1n) is 6.60. The summed E-state index contributed by atoms with van der Waals surface area (Å²) < 4.78 is 27.8. The molecule has 0 saturated carbocycles. The van der Waals surface area contributed by atoms with Crippen LogP contribution in [-0.4, -0.2) is 12.4 Å². The van der Waals surface area contributed by atoms with E-state index < -0.39 is 10.0 Å². The molecule has 0 radical (unpaired) electrons. The minimum Gasteiger partial charge on any atom is -0.238 e. The highest BCUT2D eigenvalue weighted by Crippen LogP contribution is 2.36. The lowest BCUT2D eigenvalue weighted by Gasteiger charge is -2.09. The van der Waals surface area contributed by atoms with Gasteiger partial charge < -0.3 is 0 Å². The summed E-state index contributed by atoms with van der Waals surface area (Å²) in [6, 6.07) is 10.4. The maximum atomic E-state index is 12.9. The van der Waals surface area contributed by atoms with Gasteiger partial charge in [0, 0.05) is 16.1 Å². The van der Waals surface area contributed by atoms with Gasteiger partial charge in [0.2, 0.25) is 0 Å². The van der Waals surface area contributed by atoms with Gasteiger partial charge in [0.15, 0.2) is 0 Å². The molecule has 22 heavy (non-hydrogen) atoms. The van der Waals surface area contributed by atoms with Crippen molar-refractivity contribution in [1.82, 2.24) is 3.97 Å². The average molecular weight is 399 g/mol. The predicted molar refractivity (Wildman–Crippen MR) is 93.1 cm³/mol. The number of nitrogens with zero attached hydrogens (tertiary/aromatic N) is 1. The third-order valence-corrected chi connectivity index (χ3v) is 6.18. The van der Waals surface area contributed by atoms with Crippen LogP contribution in [0.3, 0.4) is 0 Å². The van der Waals surface area contributed by atoms with E-state index in [1.807, 2.05) is 19.9 Å². The molecule has 0 aliphatic rings. The van der Waals surface area contributed by atoms with E-state index in [1.54, 1.807) is 36.5 Å². The van der Waals surface area contributed by atoms with E-state index in [0.29, 0.717) is 15.0 Å². The Morgan fingerprint density at radius 1 is 1.05 bits per heavy atom. The zero-order chi connectivity index (χ0) is 16.1. The molecule has 0 saturated heterocycles. The minimum atomic E-state index is -3.70. The summed E-state index contributed by atoms with van der Waals surface area (Å²) in [7, 11) is -3.70. The highest BCUT2D eigenvalue weighted by molar-refractivity contribution is 9.10. The standard InChI is InChI=1S/C16H13BrClNO2S/c1-10-3-6-12(7-4-10)22(20,21)19-9-13(17)15-11(2)5-8-14(18)16(15)19/h3-9H,1-2H3. The molecule has 114 valence electrons. The van der Waals surface area contributed by atoms with Crippen LogP contribution in [0.4, 0.5) is 0 Å². The van der Waals surface area contributed by atoms with Gasteiger partial charge in [-0.3, -0.25) is 0 Å². The van der Waals surface area contributed by atoms with Crippen molar-refractivity contribution in [2.45, 2.75) is 18.7 Å². The third-order valence-electron chi connectivity index (χ3n) is 3.60. The third kappa shape index (κ3) is 2.37. The molecule has 0 bridgehead atoms. The summed E-state index contributed by atoms with van der Waals surface area (Å²) in [5.41, 5.74) is 2.46. The molecule has 3 nitrogen and oxygen atoms in total. The van der Waals surface area contributed by atoms with Crippen molar-refractivity contribution in [2.24, 2.45) is 0 Å². The Hall–Kier alpha value is -1.30. The van der Waals surface area contributed by atoms with Gasteiger partial charge in [-0.25, -0.2) is 12.4 Å². The lowest BCUT2D eigenvalue weighted by atomic mass is 10.1. The molecule has 1 aromatic heterocycles. The Morgan fingerprint density at radius 2 is 1.68 bits per heavy atom. The second kappa shape index (κ2) is 5.41. The van der Waals surface area contributed by atoms with Crippen LogP contribution in [-0.2, 0) is 10.0 Å². The summed E-state index contributed by atoms with van der Waals surface area (Å²) >= 11 is 9.70. The highest BCUT2D eigenvalue weighted by atomic mass is 79.9. The molecule has 0 atom stereocenters. The summed E-state index contributed by atoms with van der Waals surface area (Å²) in [5, 5.41) is 1.21. The van der Waals surface area contributed by atoms with Gasteiger partial charge in [0.1, 0.15) is 0 Å². The molecule has 0 aliphatic carbocycles. The van der Waals surface area contributed by atoms with Crippen molar-refractivity contribution in [3.8, 4) is 0 Å². The summed E-state index contributed by atoms with van der Waals surface area (Å²) in [4.78, 5) is 0.236. The van der Waals surface area contributed by atoms with Crippen LogP contribution < -0.4 is 0 Å². The fraction of sp³-hybridized carbons (Fsp3) is 0.125. The summed E-state index contributed by atoms with van der Waals surface area (Å²) in [6.07, 6.45) is 1.55. The number of aromatic nitrogens is 1. The smallest absolute Gasteiger partial charge is 0.238 e. The van der Waals surface area contributed by atoms with E-state index in [4.69, 9.17) is 11.6 Å². The molecule has 0 fully saturated rings. The van der Waals surface area contributed by atoms with E-state index in [-0.39, 0.29) is 4.90 Å². The van der Waals surface area contributed by atoms with Crippen molar-refractivity contribution < 1.29 is 8.42 Å². The molecule has 0 N–H and O–H groups in total. The van der Waals surface area contributed by atoms with E-state index >= 15 is 0 Å². The molecular formula is C16H13BrClNO2S. The first-order chi connectivity index (χ1) is 10.3. The average Bonchev–Trinajstić information content (AvgIpc) is 2.83. The molecule has 0 aliphatic heterocycles. The molecule has 3 aromatic rings. The van der Waals surface area contributed by atoms with Crippen LogP contribution >= 0.6 is 27.5 Å². The van der Waals surface area contributed by atoms with Crippen molar-refractivity contribution in [2.75, 3.05) is 0 Å². The second-order valence-corrected chi connectivity index (χ2v) is 8.26. The lowest BCUT2D eigenvalue weighted by Crippen LogP contribution is -2.12. The molecule has 2 aromatic carbocycles. The zero-order valence-electron chi connectivity index (χ0n) is 12.0. The lowest BCUT2D eigenvalue weighted by molar-refractivity contribution is 0.589. The van der Waals surface area contributed by atoms with Gasteiger partial charge >= 0.3 is 0 Å². The van der Waals surface area contributed by atoms with Gasteiger partial charge in [0.05, 0.1) is 15.4 Å². The van der Waals surface area contributed by atoms with Crippen molar-refractivity contribution in [1.29, 1.82) is 0 Å². The van der Waals surface area contributed by atoms with Crippen LogP contribution in [0.25, 0.3) is 10.9 Å². The van der Waals surface area contributed by atoms with Crippen LogP contribution in [0.15, 0.2) is 52.0 Å². The van der Waals surface area contributed by atoms with Gasteiger partial charge in [0.25, 0.3) is 10.0 Å². The Kier molecular flexibility index (Phi) is 3.83. The van der Waals surface area contributed by atoms with Crippen molar-refractivity contribution in [3.05, 3.63) is 63.2 Å². The largest absolute Gasteiger partial charge is 0.268 e. The van der Waals surface area contributed by atoms with Crippen LogP contribution in [0.5, 0.6) is 0 Å². The number of halogens is 2. The maximum absolute atomic E-state index is 12.9. The number of rotatable bonds is 2. The van der Waals surface area contributed by atoms with Crippen LogP contribution in [0.2, 0.25) is 5.02 Å². The van der Waals surface area contributed by atoms with Crippen LogP contribution in [0.1, 0.15) is 11.1 Å². The molecule has 3 rings (SSSR count). The normalized spacial score (nSPS) is 12.0. The van der Waals surface area contributed by atoms with E-state index in [0.717, 1.165) is 16.5 Å². The zero-order valence-corrected chi connectivity index (χ0v) is 15.1. The minimum absolute atomic E-state index is 0.236. The number of hydrogen-bond donors (Lipinski definition) is 0.